The Morgan fingerprint density at radius 1 is 1.65 bits per heavy atom. The van der Waals surface area contributed by atoms with Gasteiger partial charge in [0.15, 0.2) is 6.23 Å². The normalized spacial score (nSPS) is 15.2. The van der Waals surface area contributed by atoms with E-state index in [4.69, 9.17) is 15.2 Å². The highest BCUT2D eigenvalue weighted by molar-refractivity contribution is 6.02. The van der Waals surface area contributed by atoms with Crippen LogP contribution in [0.15, 0.2) is 12.1 Å². The van der Waals surface area contributed by atoms with Crippen molar-refractivity contribution < 1.29 is 18.7 Å². The fourth-order valence-corrected chi connectivity index (χ4v) is 1.86. The first-order valence-electron chi connectivity index (χ1n) is 5.50. The molecule has 0 saturated heterocycles. The third-order valence-electron chi connectivity index (χ3n) is 2.62. The van der Waals surface area contributed by atoms with E-state index in [0.29, 0.717) is 30.9 Å². The summed E-state index contributed by atoms with van der Waals surface area (Å²) in [4.78, 5) is 11.9. The second-order valence-corrected chi connectivity index (χ2v) is 3.78. The summed E-state index contributed by atoms with van der Waals surface area (Å²) in [5, 5.41) is 0. The molecule has 0 spiro atoms. The topological polar surface area (TPSA) is 61.5 Å². The molecule has 5 heteroatoms. The number of halogens is 1. The molecule has 2 N–H and O–H groups in total. The van der Waals surface area contributed by atoms with Gasteiger partial charge in [-0.1, -0.05) is 0 Å². The zero-order valence-electron chi connectivity index (χ0n) is 9.53. The van der Waals surface area contributed by atoms with Gasteiger partial charge in [-0.05, 0) is 19.1 Å². The number of fused-ring (bicyclic) bond motifs is 1. The summed E-state index contributed by atoms with van der Waals surface area (Å²) in [7, 11) is 0. The third-order valence-corrected chi connectivity index (χ3v) is 2.62. The van der Waals surface area contributed by atoms with E-state index in [-0.39, 0.29) is 5.56 Å². The summed E-state index contributed by atoms with van der Waals surface area (Å²) < 4.78 is 23.7. The van der Waals surface area contributed by atoms with Crippen LogP contribution < -0.4 is 10.5 Å². The van der Waals surface area contributed by atoms with Crippen molar-refractivity contribution in [3.05, 3.63) is 29.1 Å². The maximum Gasteiger partial charge on any atom is 0.209 e. The number of hydrogen-bond acceptors (Lipinski definition) is 4. The van der Waals surface area contributed by atoms with Crippen LogP contribution in [0.4, 0.5) is 4.39 Å². The molecule has 1 heterocycles. The summed E-state index contributed by atoms with van der Waals surface area (Å²) in [5.74, 6) is -0.475. The lowest BCUT2D eigenvalue weighted by atomic mass is 10.0. The third kappa shape index (κ3) is 2.30. The van der Waals surface area contributed by atoms with E-state index in [0.717, 1.165) is 6.07 Å². The number of benzene rings is 1. The minimum Gasteiger partial charge on any atom is -0.492 e. The van der Waals surface area contributed by atoms with Crippen LogP contribution in [0.2, 0.25) is 0 Å². The average molecular weight is 239 g/mol. The van der Waals surface area contributed by atoms with Crippen molar-refractivity contribution in [1.29, 1.82) is 0 Å². The Balaban J connectivity index is 2.35. The Labute approximate surface area is 98.5 Å². The molecule has 1 aliphatic rings. The molecule has 0 aliphatic carbocycles. The van der Waals surface area contributed by atoms with E-state index in [1.165, 1.54) is 6.07 Å². The summed E-state index contributed by atoms with van der Waals surface area (Å²) in [5.41, 5.74) is 6.42. The first-order valence-corrected chi connectivity index (χ1v) is 5.50. The lowest BCUT2D eigenvalue weighted by Crippen LogP contribution is -2.33. The lowest BCUT2D eigenvalue weighted by Gasteiger charge is -2.13. The Bertz CT molecular complexity index is 448. The van der Waals surface area contributed by atoms with Crippen LogP contribution in [0, 0.1) is 5.82 Å². The molecule has 4 nitrogen and oxygen atoms in total. The fraction of sp³-hybridized carbons (Fsp3) is 0.417. The van der Waals surface area contributed by atoms with Gasteiger partial charge in [-0.2, -0.15) is 0 Å². The zero-order valence-corrected chi connectivity index (χ0v) is 9.53. The SMILES string of the molecule is CCOC(N)C(=O)c1cc(F)cc2c1OCC2. The Morgan fingerprint density at radius 2 is 2.41 bits per heavy atom. The molecule has 0 saturated carbocycles. The van der Waals surface area contributed by atoms with Crippen LogP contribution in [-0.2, 0) is 11.2 Å². The summed E-state index contributed by atoms with van der Waals surface area (Å²) in [6.45, 7) is 2.52. The number of nitrogens with two attached hydrogens (primary N) is 1. The molecule has 0 amide bonds. The minimum absolute atomic E-state index is 0.165. The smallest absolute Gasteiger partial charge is 0.209 e. The van der Waals surface area contributed by atoms with Gasteiger partial charge in [0, 0.05) is 18.6 Å². The number of carbonyl (C=O) groups excluding carboxylic acids is 1. The average Bonchev–Trinajstić information content (AvgIpc) is 2.75. The summed E-state index contributed by atoms with van der Waals surface area (Å²) in [6, 6.07) is 2.52. The van der Waals surface area contributed by atoms with Crippen molar-refractivity contribution in [1.82, 2.24) is 0 Å². The van der Waals surface area contributed by atoms with E-state index < -0.39 is 17.8 Å². The molecule has 1 aromatic rings. The standard InChI is InChI=1S/C12H14FNO3/c1-2-16-12(14)10(15)9-6-8(13)5-7-3-4-17-11(7)9/h5-6,12H,2-4,14H2,1H3. The van der Waals surface area contributed by atoms with Gasteiger partial charge in [0.25, 0.3) is 0 Å². The van der Waals surface area contributed by atoms with Crippen molar-refractivity contribution in [2.24, 2.45) is 5.73 Å². The molecule has 2 rings (SSSR count). The van der Waals surface area contributed by atoms with E-state index in [1.54, 1.807) is 6.92 Å². The maximum atomic E-state index is 13.3. The summed E-state index contributed by atoms with van der Waals surface area (Å²) >= 11 is 0. The van der Waals surface area contributed by atoms with Crippen molar-refractivity contribution in [2.75, 3.05) is 13.2 Å². The molecule has 17 heavy (non-hydrogen) atoms. The predicted octanol–water partition coefficient (Wildman–Crippen LogP) is 1.26. The number of Topliss-reactive ketones (excluding diaryl/α,β-unsaturated/α-hetero) is 1. The van der Waals surface area contributed by atoms with Crippen LogP contribution in [-0.4, -0.2) is 25.2 Å². The zero-order chi connectivity index (χ0) is 12.4. The van der Waals surface area contributed by atoms with Gasteiger partial charge in [0.2, 0.25) is 5.78 Å². The quantitative estimate of drug-likeness (QED) is 0.634. The monoisotopic (exact) mass is 239 g/mol. The van der Waals surface area contributed by atoms with E-state index >= 15 is 0 Å². The van der Waals surface area contributed by atoms with Gasteiger partial charge in [-0.25, -0.2) is 4.39 Å². The van der Waals surface area contributed by atoms with Crippen molar-refractivity contribution in [3.8, 4) is 5.75 Å². The first kappa shape index (κ1) is 12.0. The first-order chi connectivity index (χ1) is 8.13. The molecule has 1 unspecified atom stereocenters. The van der Waals surface area contributed by atoms with Crippen LogP contribution in [0.1, 0.15) is 22.8 Å². The fourth-order valence-electron chi connectivity index (χ4n) is 1.86. The molecule has 0 fully saturated rings. The second-order valence-electron chi connectivity index (χ2n) is 3.78. The van der Waals surface area contributed by atoms with Crippen LogP contribution in [0.3, 0.4) is 0 Å². The molecule has 0 bridgehead atoms. The number of carbonyl (C=O) groups is 1. The van der Waals surface area contributed by atoms with E-state index in [9.17, 15) is 9.18 Å². The van der Waals surface area contributed by atoms with E-state index in [2.05, 4.69) is 0 Å². The highest BCUT2D eigenvalue weighted by atomic mass is 19.1. The minimum atomic E-state index is -1.07. The van der Waals surface area contributed by atoms with Gasteiger partial charge in [0.05, 0.1) is 12.2 Å². The van der Waals surface area contributed by atoms with Gasteiger partial charge in [0.1, 0.15) is 11.6 Å². The molecule has 92 valence electrons. The van der Waals surface area contributed by atoms with Crippen LogP contribution in [0.25, 0.3) is 0 Å². The largest absolute Gasteiger partial charge is 0.492 e. The van der Waals surface area contributed by atoms with Crippen molar-refractivity contribution in [3.63, 3.8) is 0 Å². The van der Waals surface area contributed by atoms with Gasteiger partial charge < -0.3 is 9.47 Å². The molecular weight excluding hydrogens is 225 g/mol. The highest BCUT2D eigenvalue weighted by Gasteiger charge is 2.26. The summed E-state index contributed by atoms with van der Waals surface area (Å²) in [6.07, 6.45) is -0.466. The number of ketones is 1. The molecule has 0 radical (unpaired) electrons. The number of ether oxygens (including phenoxy) is 2. The van der Waals surface area contributed by atoms with Gasteiger partial charge >= 0.3 is 0 Å². The lowest BCUT2D eigenvalue weighted by molar-refractivity contribution is 0.0476. The number of rotatable bonds is 4. The van der Waals surface area contributed by atoms with Crippen LogP contribution >= 0.6 is 0 Å². The molecule has 1 atom stereocenters. The molecular formula is C12H14FNO3. The number of hydrogen-bond donors (Lipinski definition) is 1. The molecule has 1 aromatic carbocycles. The molecule has 1 aliphatic heterocycles. The maximum absolute atomic E-state index is 13.3. The predicted molar refractivity (Wildman–Crippen MR) is 59.5 cm³/mol. The van der Waals surface area contributed by atoms with Gasteiger partial charge in [-0.15, -0.1) is 0 Å². The van der Waals surface area contributed by atoms with E-state index in [1.807, 2.05) is 0 Å². The Kier molecular flexibility index (Phi) is 3.40. The van der Waals surface area contributed by atoms with Gasteiger partial charge in [-0.3, -0.25) is 10.5 Å². The van der Waals surface area contributed by atoms with Crippen LogP contribution in [0.5, 0.6) is 5.75 Å². The van der Waals surface area contributed by atoms with Crippen molar-refractivity contribution in [2.45, 2.75) is 19.6 Å². The Hall–Kier alpha value is -1.46. The second kappa shape index (κ2) is 4.81. The highest BCUT2D eigenvalue weighted by Crippen LogP contribution is 2.31. The van der Waals surface area contributed by atoms with Crippen molar-refractivity contribution >= 4 is 5.78 Å². The molecule has 0 aromatic heterocycles. The Morgan fingerprint density at radius 3 is 3.12 bits per heavy atom.